The summed E-state index contributed by atoms with van der Waals surface area (Å²) < 4.78 is 0. The summed E-state index contributed by atoms with van der Waals surface area (Å²) in [6, 6.07) is 0.218. The maximum Gasteiger partial charge on any atom is 0.237 e. The predicted octanol–water partition coefficient (Wildman–Crippen LogP) is 0.960. The number of carbonyl (C=O) groups is 1. The quantitative estimate of drug-likeness (QED) is 0.754. The summed E-state index contributed by atoms with van der Waals surface area (Å²) in [4.78, 5) is 14.2. The monoisotopic (exact) mass is 241 g/mol. The molecule has 4 nitrogen and oxygen atoms in total. The van der Waals surface area contributed by atoms with E-state index in [-0.39, 0.29) is 18.0 Å². The lowest BCUT2D eigenvalue weighted by molar-refractivity contribution is -0.126. The molecule has 1 saturated heterocycles. The molecule has 3 N–H and O–H groups in total. The Hall–Kier alpha value is -0.610. The fraction of sp³-hybridized carbons (Fsp3) is 0.923. The van der Waals surface area contributed by atoms with Crippen LogP contribution in [0.25, 0.3) is 0 Å². The first-order valence-electron chi connectivity index (χ1n) is 6.79. The van der Waals surface area contributed by atoms with Crippen molar-refractivity contribution < 1.29 is 4.79 Å². The summed E-state index contributed by atoms with van der Waals surface area (Å²) in [5.41, 5.74) is 5.58. The second-order valence-corrected chi connectivity index (χ2v) is 5.40. The van der Waals surface area contributed by atoms with Crippen LogP contribution in [0.15, 0.2) is 0 Å². The Kier molecular flexibility index (Phi) is 5.92. The summed E-state index contributed by atoms with van der Waals surface area (Å²) in [5, 5.41) is 2.98. The molecule has 1 unspecified atom stereocenters. The number of nitrogens with one attached hydrogen (secondary N) is 1. The number of piperidine rings is 1. The SMILES string of the molecule is CC(C)NC(=O)C(C)N1CCC(CCN)CC1. The third-order valence-corrected chi connectivity index (χ3v) is 3.58. The Morgan fingerprint density at radius 2 is 1.94 bits per heavy atom. The topological polar surface area (TPSA) is 58.4 Å². The second kappa shape index (κ2) is 6.97. The van der Waals surface area contributed by atoms with E-state index in [9.17, 15) is 4.79 Å². The summed E-state index contributed by atoms with van der Waals surface area (Å²) in [6.07, 6.45) is 3.48. The minimum atomic E-state index is -0.00349. The van der Waals surface area contributed by atoms with Gasteiger partial charge in [0.25, 0.3) is 0 Å². The molecule has 0 saturated carbocycles. The maximum atomic E-state index is 11.9. The summed E-state index contributed by atoms with van der Waals surface area (Å²) in [7, 11) is 0. The van der Waals surface area contributed by atoms with Crippen LogP contribution in [0.2, 0.25) is 0 Å². The number of likely N-dealkylation sites (tertiary alicyclic amines) is 1. The average molecular weight is 241 g/mol. The molecule has 1 fully saturated rings. The van der Waals surface area contributed by atoms with Gasteiger partial charge in [0.05, 0.1) is 6.04 Å². The van der Waals surface area contributed by atoms with Gasteiger partial charge in [-0.2, -0.15) is 0 Å². The van der Waals surface area contributed by atoms with Crippen LogP contribution < -0.4 is 11.1 Å². The molecule has 0 aliphatic carbocycles. The molecule has 100 valence electrons. The number of nitrogens with two attached hydrogens (primary N) is 1. The number of rotatable bonds is 5. The summed E-state index contributed by atoms with van der Waals surface area (Å²) in [5.74, 6) is 0.911. The highest BCUT2D eigenvalue weighted by atomic mass is 16.2. The van der Waals surface area contributed by atoms with Gasteiger partial charge in [0, 0.05) is 6.04 Å². The number of nitrogens with zero attached hydrogens (tertiary/aromatic N) is 1. The van der Waals surface area contributed by atoms with Crippen molar-refractivity contribution in [1.82, 2.24) is 10.2 Å². The van der Waals surface area contributed by atoms with Crippen molar-refractivity contribution >= 4 is 5.91 Å². The van der Waals surface area contributed by atoms with E-state index in [2.05, 4.69) is 10.2 Å². The fourth-order valence-corrected chi connectivity index (χ4v) is 2.44. The van der Waals surface area contributed by atoms with Crippen molar-refractivity contribution in [3.05, 3.63) is 0 Å². The predicted molar refractivity (Wildman–Crippen MR) is 70.7 cm³/mol. The minimum Gasteiger partial charge on any atom is -0.353 e. The molecule has 1 atom stereocenters. The maximum absolute atomic E-state index is 11.9. The lowest BCUT2D eigenvalue weighted by Gasteiger charge is -2.35. The zero-order chi connectivity index (χ0) is 12.8. The highest BCUT2D eigenvalue weighted by Gasteiger charge is 2.26. The lowest BCUT2D eigenvalue weighted by atomic mass is 9.93. The van der Waals surface area contributed by atoms with Gasteiger partial charge in [-0.3, -0.25) is 9.69 Å². The molecule has 1 heterocycles. The Morgan fingerprint density at radius 1 is 1.35 bits per heavy atom. The molecule has 1 aliphatic heterocycles. The molecule has 0 aromatic heterocycles. The first kappa shape index (κ1) is 14.5. The van der Waals surface area contributed by atoms with Crippen LogP contribution in [0, 0.1) is 5.92 Å². The lowest BCUT2D eigenvalue weighted by Crippen LogP contribution is -2.49. The van der Waals surface area contributed by atoms with Gasteiger partial charge in [-0.1, -0.05) is 0 Å². The summed E-state index contributed by atoms with van der Waals surface area (Å²) in [6.45, 7) is 8.83. The molecule has 0 spiro atoms. The fourth-order valence-electron chi connectivity index (χ4n) is 2.44. The highest BCUT2D eigenvalue weighted by molar-refractivity contribution is 5.81. The van der Waals surface area contributed by atoms with Crippen LogP contribution in [-0.4, -0.2) is 42.5 Å². The van der Waals surface area contributed by atoms with Gasteiger partial charge in [0.1, 0.15) is 0 Å². The van der Waals surface area contributed by atoms with E-state index in [1.54, 1.807) is 0 Å². The van der Waals surface area contributed by atoms with E-state index in [1.807, 2.05) is 20.8 Å². The van der Waals surface area contributed by atoms with Gasteiger partial charge in [-0.05, 0) is 65.6 Å². The number of hydrogen-bond acceptors (Lipinski definition) is 3. The first-order chi connectivity index (χ1) is 8.04. The third kappa shape index (κ3) is 4.64. The number of hydrogen-bond donors (Lipinski definition) is 2. The van der Waals surface area contributed by atoms with Crippen molar-refractivity contribution in [2.75, 3.05) is 19.6 Å². The molecule has 1 amide bonds. The van der Waals surface area contributed by atoms with Crippen LogP contribution in [0.4, 0.5) is 0 Å². The van der Waals surface area contributed by atoms with Crippen LogP contribution in [-0.2, 0) is 4.79 Å². The van der Waals surface area contributed by atoms with Crippen molar-refractivity contribution in [1.29, 1.82) is 0 Å². The van der Waals surface area contributed by atoms with E-state index in [4.69, 9.17) is 5.73 Å². The van der Waals surface area contributed by atoms with Gasteiger partial charge in [-0.25, -0.2) is 0 Å². The molecule has 0 bridgehead atoms. The number of amides is 1. The van der Waals surface area contributed by atoms with Crippen molar-refractivity contribution in [2.24, 2.45) is 11.7 Å². The molecule has 0 radical (unpaired) electrons. The van der Waals surface area contributed by atoms with Gasteiger partial charge < -0.3 is 11.1 Å². The van der Waals surface area contributed by atoms with Gasteiger partial charge in [0.2, 0.25) is 5.91 Å². The Labute approximate surface area is 105 Å². The second-order valence-electron chi connectivity index (χ2n) is 5.40. The van der Waals surface area contributed by atoms with Gasteiger partial charge >= 0.3 is 0 Å². The van der Waals surface area contributed by atoms with Crippen LogP contribution in [0.1, 0.15) is 40.0 Å². The Bertz CT molecular complexity index is 235. The first-order valence-corrected chi connectivity index (χ1v) is 6.79. The van der Waals surface area contributed by atoms with Crippen LogP contribution in [0.5, 0.6) is 0 Å². The Morgan fingerprint density at radius 3 is 2.41 bits per heavy atom. The Balaban J connectivity index is 2.35. The van der Waals surface area contributed by atoms with Crippen molar-refractivity contribution in [2.45, 2.75) is 52.1 Å². The molecular weight excluding hydrogens is 214 g/mol. The normalized spacial score (nSPS) is 20.5. The standard InChI is InChI=1S/C13H27N3O/c1-10(2)15-13(17)11(3)16-8-5-12(4-7-14)6-9-16/h10-12H,4-9,14H2,1-3H3,(H,15,17). The zero-order valence-electron chi connectivity index (χ0n) is 11.4. The molecule has 1 rings (SSSR count). The molecule has 4 heteroatoms. The molecule has 0 aromatic rings. The van der Waals surface area contributed by atoms with E-state index in [1.165, 1.54) is 12.8 Å². The summed E-state index contributed by atoms with van der Waals surface area (Å²) >= 11 is 0. The van der Waals surface area contributed by atoms with Gasteiger partial charge in [0.15, 0.2) is 0 Å². The van der Waals surface area contributed by atoms with Crippen molar-refractivity contribution in [3.8, 4) is 0 Å². The minimum absolute atomic E-state index is 0.00349. The average Bonchev–Trinajstić information content (AvgIpc) is 2.28. The van der Waals surface area contributed by atoms with E-state index in [0.717, 1.165) is 32.0 Å². The molecule has 17 heavy (non-hydrogen) atoms. The van der Waals surface area contributed by atoms with Crippen LogP contribution >= 0.6 is 0 Å². The van der Waals surface area contributed by atoms with Gasteiger partial charge in [-0.15, -0.1) is 0 Å². The zero-order valence-corrected chi connectivity index (χ0v) is 11.4. The van der Waals surface area contributed by atoms with E-state index >= 15 is 0 Å². The highest BCUT2D eigenvalue weighted by Crippen LogP contribution is 2.21. The van der Waals surface area contributed by atoms with Crippen molar-refractivity contribution in [3.63, 3.8) is 0 Å². The molecule has 1 aliphatic rings. The number of carbonyl (C=O) groups excluding carboxylic acids is 1. The van der Waals surface area contributed by atoms with Crippen LogP contribution in [0.3, 0.4) is 0 Å². The van der Waals surface area contributed by atoms with E-state index < -0.39 is 0 Å². The smallest absolute Gasteiger partial charge is 0.237 e. The molecular formula is C13H27N3O. The third-order valence-electron chi connectivity index (χ3n) is 3.58. The molecule has 0 aromatic carbocycles. The van der Waals surface area contributed by atoms with E-state index in [0.29, 0.717) is 0 Å². The largest absolute Gasteiger partial charge is 0.353 e.